The van der Waals surface area contributed by atoms with Gasteiger partial charge in [0.1, 0.15) is 6.04 Å². The number of fused-ring (bicyclic) bond motifs is 1. The Bertz CT molecular complexity index is 849. The smallest absolute Gasteiger partial charge is 0.243 e. The monoisotopic (exact) mass is 409 g/mol. The van der Waals surface area contributed by atoms with E-state index in [1.165, 1.54) is 22.2 Å². The Morgan fingerprint density at radius 1 is 1.25 bits per heavy atom. The van der Waals surface area contributed by atoms with E-state index in [0.717, 1.165) is 12.8 Å². The Morgan fingerprint density at radius 3 is 2.61 bits per heavy atom. The van der Waals surface area contributed by atoms with Crippen molar-refractivity contribution in [2.75, 3.05) is 38.3 Å². The van der Waals surface area contributed by atoms with Crippen LogP contribution in [-0.2, 0) is 30.8 Å². The quantitative estimate of drug-likeness (QED) is 0.675. The fourth-order valence-corrected chi connectivity index (χ4v) is 5.38. The van der Waals surface area contributed by atoms with E-state index in [2.05, 4.69) is 5.32 Å². The largest absolute Gasteiger partial charge is 0.385 e. The zero-order chi connectivity index (χ0) is 20.3. The summed E-state index contributed by atoms with van der Waals surface area (Å²) in [4.78, 5) is 26.5. The first-order chi connectivity index (χ1) is 13.4. The number of nitrogens with zero attached hydrogens (tertiary/aromatic N) is 2. The molecule has 8 nitrogen and oxygen atoms in total. The molecular weight excluding hydrogens is 382 g/mol. The Kier molecular flexibility index (Phi) is 6.36. The molecule has 1 N–H and O–H groups in total. The number of carbonyl (C=O) groups excluding carboxylic acids is 2. The van der Waals surface area contributed by atoms with Gasteiger partial charge in [-0.05, 0) is 43.0 Å². The van der Waals surface area contributed by atoms with E-state index < -0.39 is 16.1 Å². The molecule has 0 saturated carbocycles. The van der Waals surface area contributed by atoms with Gasteiger partial charge in [0, 0.05) is 52.4 Å². The maximum atomic E-state index is 12.8. The number of carbonyl (C=O) groups is 2. The number of hydrogen-bond acceptors (Lipinski definition) is 5. The van der Waals surface area contributed by atoms with Gasteiger partial charge in [-0.2, -0.15) is 4.31 Å². The lowest BCUT2D eigenvalue weighted by Gasteiger charge is -2.23. The molecule has 2 aliphatic rings. The van der Waals surface area contributed by atoms with Crippen molar-refractivity contribution in [1.82, 2.24) is 9.62 Å². The van der Waals surface area contributed by atoms with Crippen LogP contribution in [0, 0.1) is 0 Å². The van der Waals surface area contributed by atoms with Crippen LogP contribution in [0.3, 0.4) is 0 Å². The van der Waals surface area contributed by atoms with E-state index in [9.17, 15) is 18.0 Å². The van der Waals surface area contributed by atoms with Gasteiger partial charge in [-0.1, -0.05) is 0 Å². The summed E-state index contributed by atoms with van der Waals surface area (Å²) in [6, 6.07) is 4.11. The minimum atomic E-state index is -3.54. The molecule has 0 unspecified atom stereocenters. The van der Waals surface area contributed by atoms with Crippen molar-refractivity contribution in [1.29, 1.82) is 0 Å². The number of amides is 2. The van der Waals surface area contributed by atoms with Crippen molar-refractivity contribution in [2.24, 2.45) is 0 Å². The summed E-state index contributed by atoms with van der Waals surface area (Å²) in [5.41, 5.74) is 1.30. The first-order valence-corrected chi connectivity index (χ1v) is 11.0. The van der Waals surface area contributed by atoms with Crippen molar-refractivity contribution in [2.45, 2.75) is 43.5 Å². The van der Waals surface area contributed by atoms with Crippen molar-refractivity contribution in [3.8, 4) is 0 Å². The van der Waals surface area contributed by atoms with E-state index in [-0.39, 0.29) is 16.7 Å². The normalized spacial score (nSPS) is 19.6. The topological polar surface area (TPSA) is 96.0 Å². The highest BCUT2D eigenvalue weighted by Crippen LogP contribution is 2.35. The van der Waals surface area contributed by atoms with Crippen molar-refractivity contribution >= 4 is 27.5 Å². The number of anilines is 1. The van der Waals surface area contributed by atoms with Crippen LogP contribution in [0.15, 0.2) is 23.1 Å². The summed E-state index contributed by atoms with van der Waals surface area (Å²) < 4.78 is 32.1. The van der Waals surface area contributed by atoms with E-state index in [0.29, 0.717) is 50.3 Å². The maximum Gasteiger partial charge on any atom is 0.243 e. The van der Waals surface area contributed by atoms with Crippen LogP contribution in [0.1, 0.15) is 31.7 Å². The highest BCUT2D eigenvalue weighted by molar-refractivity contribution is 7.89. The van der Waals surface area contributed by atoms with E-state index in [4.69, 9.17) is 4.74 Å². The minimum absolute atomic E-state index is 0.220. The molecular formula is C19H27N3O5S. The van der Waals surface area contributed by atoms with Crippen LogP contribution >= 0.6 is 0 Å². The van der Waals surface area contributed by atoms with Crippen LogP contribution in [0.4, 0.5) is 5.69 Å². The van der Waals surface area contributed by atoms with Crippen molar-refractivity contribution in [3.63, 3.8) is 0 Å². The molecule has 1 atom stereocenters. The molecule has 28 heavy (non-hydrogen) atoms. The maximum absolute atomic E-state index is 12.8. The summed E-state index contributed by atoms with van der Waals surface area (Å²) in [5, 5.41) is 2.83. The molecule has 0 spiro atoms. The van der Waals surface area contributed by atoms with Gasteiger partial charge in [0.15, 0.2) is 0 Å². The fraction of sp³-hybridized carbons (Fsp3) is 0.579. The fourth-order valence-electron chi connectivity index (χ4n) is 3.81. The van der Waals surface area contributed by atoms with Gasteiger partial charge in [-0.25, -0.2) is 8.42 Å². The Hall–Kier alpha value is -1.97. The van der Waals surface area contributed by atoms with Crippen molar-refractivity contribution in [3.05, 3.63) is 23.8 Å². The van der Waals surface area contributed by atoms with Gasteiger partial charge in [-0.15, -0.1) is 0 Å². The summed E-state index contributed by atoms with van der Waals surface area (Å²) in [7, 11) is -1.94. The molecule has 0 radical (unpaired) electrons. The predicted octanol–water partition coefficient (Wildman–Crippen LogP) is 0.901. The number of rotatable bonds is 7. The van der Waals surface area contributed by atoms with Crippen molar-refractivity contribution < 1.29 is 22.7 Å². The van der Waals surface area contributed by atoms with Crippen LogP contribution in [0.5, 0.6) is 0 Å². The lowest BCUT2D eigenvalue weighted by Crippen LogP contribution is -2.47. The second-order valence-corrected chi connectivity index (χ2v) is 9.09. The molecule has 1 saturated heterocycles. The molecule has 0 aromatic heterocycles. The Balaban J connectivity index is 1.81. The molecule has 154 valence electrons. The average Bonchev–Trinajstić information content (AvgIpc) is 3.32. The number of methoxy groups -OCH3 is 1. The molecule has 3 rings (SSSR count). The zero-order valence-corrected chi connectivity index (χ0v) is 17.1. The van der Waals surface area contributed by atoms with Crippen LogP contribution < -0.4 is 10.2 Å². The standard InChI is InChI=1S/C19H27N3O5S/c1-14(23)22-17-7-6-16(28(25,26)21-9-3-4-10-21)12-15(17)13-18(22)19(24)20-8-5-11-27-2/h6-7,12,18H,3-5,8-11,13H2,1-2H3,(H,20,24)/t18-/m1/s1. The zero-order valence-electron chi connectivity index (χ0n) is 16.3. The van der Waals surface area contributed by atoms with Gasteiger partial charge >= 0.3 is 0 Å². The molecule has 9 heteroatoms. The third kappa shape index (κ3) is 4.06. The molecule has 0 aliphatic carbocycles. The molecule has 2 aliphatic heterocycles. The van der Waals surface area contributed by atoms with Crippen LogP contribution in [-0.4, -0.2) is 63.9 Å². The summed E-state index contributed by atoms with van der Waals surface area (Å²) in [5.74, 6) is -0.489. The van der Waals surface area contributed by atoms with Gasteiger partial charge in [0.05, 0.1) is 4.90 Å². The lowest BCUT2D eigenvalue weighted by atomic mass is 10.1. The van der Waals surface area contributed by atoms with Gasteiger partial charge in [-0.3, -0.25) is 14.5 Å². The highest BCUT2D eigenvalue weighted by atomic mass is 32.2. The van der Waals surface area contributed by atoms with Crippen LogP contribution in [0.25, 0.3) is 0 Å². The second kappa shape index (κ2) is 8.59. The molecule has 1 fully saturated rings. The number of sulfonamides is 1. The molecule has 1 aromatic carbocycles. The average molecular weight is 410 g/mol. The predicted molar refractivity (Wildman–Crippen MR) is 105 cm³/mol. The van der Waals surface area contributed by atoms with E-state index >= 15 is 0 Å². The number of hydrogen-bond donors (Lipinski definition) is 1. The number of nitrogens with one attached hydrogen (secondary N) is 1. The second-order valence-electron chi connectivity index (χ2n) is 7.15. The van der Waals surface area contributed by atoms with Gasteiger partial charge in [0.2, 0.25) is 21.8 Å². The first-order valence-electron chi connectivity index (χ1n) is 9.56. The highest BCUT2D eigenvalue weighted by Gasteiger charge is 2.38. The lowest BCUT2D eigenvalue weighted by molar-refractivity contribution is -0.125. The SMILES string of the molecule is COCCCNC(=O)[C@H]1Cc2cc(S(=O)(=O)N3CCCC3)ccc2N1C(C)=O. The summed E-state index contributed by atoms with van der Waals surface area (Å²) >= 11 is 0. The molecule has 2 amide bonds. The van der Waals surface area contributed by atoms with E-state index in [1.54, 1.807) is 19.2 Å². The number of benzene rings is 1. The number of ether oxygens (including phenoxy) is 1. The molecule has 1 aromatic rings. The first kappa shape index (κ1) is 20.8. The minimum Gasteiger partial charge on any atom is -0.385 e. The summed E-state index contributed by atoms with van der Waals surface area (Å²) in [6.45, 7) is 3.48. The van der Waals surface area contributed by atoms with Gasteiger partial charge < -0.3 is 10.1 Å². The third-order valence-electron chi connectivity index (χ3n) is 5.20. The van der Waals surface area contributed by atoms with E-state index in [1.807, 2.05) is 0 Å². The van der Waals surface area contributed by atoms with Gasteiger partial charge in [0.25, 0.3) is 0 Å². The Morgan fingerprint density at radius 2 is 1.96 bits per heavy atom. The third-order valence-corrected chi connectivity index (χ3v) is 7.10. The molecule has 2 heterocycles. The summed E-state index contributed by atoms with van der Waals surface area (Å²) in [6.07, 6.45) is 2.72. The molecule has 0 bridgehead atoms. The van der Waals surface area contributed by atoms with Crippen LogP contribution in [0.2, 0.25) is 0 Å². The Labute approximate surface area is 165 Å².